The largest absolute Gasteiger partial charge is 0.493 e. The zero-order valence-electron chi connectivity index (χ0n) is 19.6. The molecule has 3 rings (SSSR count). The van der Waals surface area contributed by atoms with E-state index in [2.05, 4.69) is 19.1 Å². The van der Waals surface area contributed by atoms with Crippen LogP contribution < -0.4 is 19.8 Å². The summed E-state index contributed by atoms with van der Waals surface area (Å²) in [6, 6.07) is 13.6. The van der Waals surface area contributed by atoms with Crippen molar-refractivity contribution in [3.63, 3.8) is 0 Å². The van der Waals surface area contributed by atoms with E-state index in [0.29, 0.717) is 41.9 Å². The Morgan fingerprint density at radius 2 is 1.53 bits per heavy atom. The molecule has 0 unspecified atom stereocenters. The molecular weight excluding hydrogens is 432 g/mol. The molecule has 1 heterocycles. The number of esters is 1. The van der Waals surface area contributed by atoms with Crippen LogP contribution in [0.3, 0.4) is 0 Å². The van der Waals surface area contributed by atoms with Crippen LogP contribution in [0.15, 0.2) is 82.0 Å². The molecule has 0 bridgehead atoms. The average molecular weight is 463 g/mol. The molecule has 6 heteroatoms. The lowest BCUT2D eigenvalue weighted by atomic mass is 10.2. The topological polar surface area (TPSA) is 75.0 Å². The van der Waals surface area contributed by atoms with E-state index in [-0.39, 0.29) is 11.5 Å². The first kappa shape index (κ1) is 24.8. The maximum Gasteiger partial charge on any atom is 0.383 e. The zero-order valence-corrected chi connectivity index (χ0v) is 19.6. The van der Waals surface area contributed by atoms with Crippen LogP contribution in [0.1, 0.15) is 49.9 Å². The van der Waals surface area contributed by atoms with Crippen LogP contribution in [-0.2, 0) is 0 Å². The van der Waals surface area contributed by atoms with Crippen molar-refractivity contribution in [3.05, 3.63) is 88.8 Å². The molecule has 0 saturated heterocycles. The molecule has 0 atom stereocenters. The molecular formula is C28H30O6. The Hall–Kier alpha value is -3.80. The van der Waals surface area contributed by atoms with Gasteiger partial charge in [-0.2, -0.15) is 0 Å². The molecule has 178 valence electrons. The molecule has 0 amide bonds. The van der Waals surface area contributed by atoms with Crippen molar-refractivity contribution in [1.82, 2.24) is 0 Å². The van der Waals surface area contributed by atoms with E-state index in [4.69, 9.17) is 18.6 Å². The van der Waals surface area contributed by atoms with Crippen molar-refractivity contribution in [1.29, 1.82) is 0 Å². The molecule has 3 aromatic rings. The normalized spacial score (nSPS) is 11.4. The summed E-state index contributed by atoms with van der Waals surface area (Å²) in [5.74, 6) is -0.175. The Morgan fingerprint density at radius 3 is 2.21 bits per heavy atom. The van der Waals surface area contributed by atoms with Gasteiger partial charge in [-0.3, -0.25) is 0 Å². The minimum Gasteiger partial charge on any atom is -0.493 e. The van der Waals surface area contributed by atoms with Crippen LogP contribution in [0.4, 0.5) is 0 Å². The summed E-state index contributed by atoms with van der Waals surface area (Å²) in [5, 5.41) is 0.521. The molecule has 0 aliphatic heterocycles. The smallest absolute Gasteiger partial charge is 0.383 e. The summed E-state index contributed by atoms with van der Waals surface area (Å²) in [5.41, 5.74) is -0.177. The molecule has 34 heavy (non-hydrogen) atoms. The fraction of sp³-hybridized carbons (Fsp3) is 0.286. The van der Waals surface area contributed by atoms with Crippen LogP contribution in [-0.4, -0.2) is 19.2 Å². The van der Waals surface area contributed by atoms with E-state index in [9.17, 15) is 9.59 Å². The zero-order chi connectivity index (χ0) is 24.2. The quantitative estimate of drug-likeness (QED) is 0.133. The van der Waals surface area contributed by atoms with Crippen molar-refractivity contribution >= 4 is 16.9 Å². The van der Waals surface area contributed by atoms with Gasteiger partial charge in [0.1, 0.15) is 11.3 Å². The fourth-order valence-electron chi connectivity index (χ4n) is 3.23. The number of ether oxygens (including phenoxy) is 3. The van der Waals surface area contributed by atoms with Gasteiger partial charge in [0.2, 0.25) is 0 Å². The SMILES string of the molecule is CCC=CCCOc1ccc2c(OCCC=CCC)c(OC(=O)c3ccccc3)c(=O)oc2c1. The van der Waals surface area contributed by atoms with Crippen LogP contribution in [0.5, 0.6) is 17.2 Å². The van der Waals surface area contributed by atoms with E-state index >= 15 is 0 Å². The highest BCUT2D eigenvalue weighted by Gasteiger charge is 2.22. The van der Waals surface area contributed by atoms with Gasteiger partial charge in [0.05, 0.1) is 24.2 Å². The van der Waals surface area contributed by atoms with Crippen molar-refractivity contribution in [2.75, 3.05) is 13.2 Å². The van der Waals surface area contributed by atoms with Gasteiger partial charge < -0.3 is 18.6 Å². The summed E-state index contributed by atoms with van der Waals surface area (Å²) in [7, 11) is 0. The van der Waals surface area contributed by atoms with E-state index in [1.54, 1.807) is 48.5 Å². The molecule has 2 aromatic carbocycles. The molecule has 6 nitrogen and oxygen atoms in total. The molecule has 0 aliphatic carbocycles. The summed E-state index contributed by atoms with van der Waals surface area (Å²) in [4.78, 5) is 25.4. The number of hydrogen-bond donors (Lipinski definition) is 0. The first-order chi connectivity index (χ1) is 16.6. The van der Waals surface area contributed by atoms with Crippen LogP contribution in [0, 0.1) is 0 Å². The minimum atomic E-state index is -0.793. The van der Waals surface area contributed by atoms with Crippen LogP contribution >= 0.6 is 0 Å². The Labute approximate surface area is 199 Å². The molecule has 0 aliphatic rings. The maximum atomic E-state index is 12.8. The molecule has 0 radical (unpaired) electrons. The Bertz CT molecular complexity index is 1190. The summed E-state index contributed by atoms with van der Waals surface area (Å²) in [6.07, 6.45) is 11.5. The van der Waals surface area contributed by atoms with Gasteiger partial charge in [-0.25, -0.2) is 9.59 Å². The first-order valence-corrected chi connectivity index (χ1v) is 11.6. The van der Waals surface area contributed by atoms with E-state index in [1.165, 1.54) is 0 Å². The maximum absolute atomic E-state index is 12.8. The number of benzene rings is 2. The second-order valence-corrected chi connectivity index (χ2v) is 7.49. The van der Waals surface area contributed by atoms with E-state index in [1.807, 2.05) is 19.1 Å². The van der Waals surface area contributed by atoms with Crippen molar-refractivity contribution in [2.45, 2.75) is 39.5 Å². The highest BCUT2D eigenvalue weighted by molar-refractivity contribution is 5.93. The highest BCUT2D eigenvalue weighted by Crippen LogP contribution is 2.35. The number of fused-ring (bicyclic) bond motifs is 1. The second kappa shape index (κ2) is 13.0. The standard InChI is InChI=1S/C28H30O6/c1-3-5-7-12-18-31-22-16-17-23-24(20-22)33-28(30)26(25(23)32-19-13-8-6-4-2)34-27(29)21-14-10-9-11-15-21/h5-11,14-17,20H,3-4,12-13,18-19H2,1-2H3. The Morgan fingerprint density at radius 1 is 0.853 bits per heavy atom. The van der Waals surface area contributed by atoms with Gasteiger partial charge >= 0.3 is 11.6 Å². The number of allylic oxidation sites excluding steroid dienone is 2. The Balaban J connectivity index is 1.90. The average Bonchev–Trinajstić information content (AvgIpc) is 2.85. The molecule has 0 fully saturated rings. The van der Waals surface area contributed by atoms with Gasteiger partial charge in [0, 0.05) is 6.07 Å². The number of carbonyl (C=O) groups excluding carboxylic acids is 1. The van der Waals surface area contributed by atoms with Crippen molar-refractivity contribution in [2.24, 2.45) is 0 Å². The summed E-state index contributed by atoms with van der Waals surface area (Å²) < 4.78 is 22.6. The predicted octanol–water partition coefficient (Wildman–Crippen LogP) is 6.48. The van der Waals surface area contributed by atoms with Gasteiger partial charge in [0.15, 0.2) is 5.75 Å². The molecule has 1 aromatic heterocycles. The summed E-state index contributed by atoms with van der Waals surface area (Å²) >= 11 is 0. The number of rotatable bonds is 12. The predicted molar refractivity (Wildman–Crippen MR) is 133 cm³/mol. The van der Waals surface area contributed by atoms with Gasteiger partial charge in [-0.1, -0.05) is 56.4 Å². The molecule has 0 spiro atoms. The van der Waals surface area contributed by atoms with Crippen molar-refractivity contribution in [3.8, 4) is 17.2 Å². The van der Waals surface area contributed by atoms with E-state index < -0.39 is 11.6 Å². The number of carbonyl (C=O) groups is 1. The van der Waals surface area contributed by atoms with Gasteiger partial charge in [0.25, 0.3) is 5.75 Å². The second-order valence-electron chi connectivity index (χ2n) is 7.49. The Kier molecular flexibility index (Phi) is 9.52. The third kappa shape index (κ3) is 6.85. The fourth-order valence-corrected chi connectivity index (χ4v) is 3.23. The lowest BCUT2D eigenvalue weighted by molar-refractivity contribution is 0.0721. The van der Waals surface area contributed by atoms with Crippen LogP contribution in [0.2, 0.25) is 0 Å². The summed E-state index contributed by atoms with van der Waals surface area (Å²) in [6.45, 7) is 4.95. The third-order valence-corrected chi connectivity index (χ3v) is 4.89. The minimum absolute atomic E-state index is 0.179. The van der Waals surface area contributed by atoms with Crippen LogP contribution in [0.25, 0.3) is 11.0 Å². The molecule has 0 saturated carbocycles. The van der Waals surface area contributed by atoms with Gasteiger partial charge in [-0.15, -0.1) is 0 Å². The monoisotopic (exact) mass is 462 g/mol. The van der Waals surface area contributed by atoms with E-state index in [0.717, 1.165) is 19.3 Å². The number of hydrogen-bond acceptors (Lipinski definition) is 6. The lowest BCUT2D eigenvalue weighted by Gasteiger charge is -2.13. The van der Waals surface area contributed by atoms with Gasteiger partial charge in [-0.05, 0) is 49.9 Å². The first-order valence-electron chi connectivity index (χ1n) is 11.6. The third-order valence-electron chi connectivity index (χ3n) is 4.89. The van der Waals surface area contributed by atoms with Crippen molar-refractivity contribution < 1.29 is 23.4 Å². The lowest BCUT2D eigenvalue weighted by Crippen LogP contribution is -2.16. The highest BCUT2D eigenvalue weighted by atomic mass is 16.6. The molecule has 0 N–H and O–H groups in total.